The quantitative estimate of drug-likeness (QED) is 0.621. The van der Waals surface area contributed by atoms with Gasteiger partial charge in [0.2, 0.25) is 0 Å². The molecule has 0 saturated carbocycles. The van der Waals surface area contributed by atoms with E-state index in [-0.39, 0.29) is 18.3 Å². The molecule has 0 aliphatic carbocycles. The van der Waals surface area contributed by atoms with Crippen LogP contribution >= 0.6 is 11.3 Å². The number of halogens is 1. The summed E-state index contributed by atoms with van der Waals surface area (Å²) >= 11 is 1.66. The Kier molecular flexibility index (Phi) is 6.17. The first kappa shape index (κ1) is 19.5. The fourth-order valence-corrected chi connectivity index (χ4v) is 4.11. The number of benzene rings is 2. The Morgan fingerprint density at radius 1 is 1.03 bits per heavy atom. The standard InChI is InChI=1S/C22H22FN3O2S/c23-18-8-4-5-9-20(18)28-15-22(27)26-12-10-25(11-13-26)14-21-24-19(16-29-21)17-6-2-1-3-7-17/h1-9,16H,10-15H2. The van der Waals surface area contributed by atoms with Gasteiger partial charge in [0, 0.05) is 37.1 Å². The third-order valence-electron chi connectivity index (χ3n) is 4.89. The molecule has 3 aromatic rings. The number of ether oxygens (including phenoxy) is 1. The van der Waals surface area contributed by atoms with Crippen molar-refractivity contribution in [1.29, 1.82) is 0 Å². The molecule has 1 aliphatic heterocycles. The molecule has 0 radical (unpaired) electrons. The maximum absolute atomic E-state index is 13.6. The van der Waals surface area contributed by atoms with Gasteiger partial charge in [-0.05, 0) is 12.1 Å². The molecule has 29 heavy (non-hydrogen) atoms. The zero-order valence-corrected chi connectivity index (χ0v) is 16.8. The highest BCUT2D eigenvalue weighted by Crippen LogP contribution is 2.23. The molecule has 0 spiro atoms. The van der Waals surface area contributed by atoms with Crippen molar-refractivity contribution < 1.29 is 13.9 Å². The monoisotopic (exact) mass is 411 g/mol. The van der Waals surface area contributed by atoms with E-state index in [0.717, 1.165) is 35.9 Å². The Morgan fingerprint density at radius 2 is 1.76 bits per heavy atom. The maximum Gasteiger partial charge on any atom is 0.260 e. The van der Waals surface area contributed by atoms with Crippen LogP contribution in [0.1, 0.15) is 5.01 Å². The van der Waals surface area contributed by atoms with Crippen LogP contribution in [0.5, 0.6) is 5.75 Å². The number of carbonyl (C=O) groups excluding carboxylic acids is 1. The normalized spacial score (nSPS) is 14.7. The molecule has 1 fully saturated rings. The van der Waals surface area contributed by atoms with Crippen molar-refractivity contribution in [3.63, 3.8) is 0 Å². The minimum Gasteiger partial charge on any atom is -0.481 e. The van der Waals surface area contributed by atoms with Gasteiger partial charge in [-0.1, -0.05) is 42.5 Å². The van der Waals surface area contributed by atoms with Gasteiger partial charge in [0.05, 0.1) is 12.2 Å². The van der Waals surface area contributed by atoms with Gasteiger partial charge in [-0.3, -0.25) is 9.69 Å². The second-order valence-electron chi connectivity index (χ2n) is 6.87. The Labute approximate surface area is 173 Å². The summed E-state index contributed by atoms with van der Waals surface area (Å²) < 4.78 is 18.9. The van der Waals surface area contributed by atoms with E-state index in [1.165, 1.54) is 12.1 Å². The second-order valence-corrected chi connectivity index (χ2v) is 7.81. The lowest BCUT2D eigenvalue weighted by atomic mass is 10.2. The van der Waals surface area contributed by atoms with E-state index in [2.05, 4.69) is 22.4 Å². The number of nitrogens with zero attached hydrogens (tertiary/aromatic N) is 3. The first-order valence-electron chi connectivity index (χ1n) is 9.56. The lowest BCUT2D eigenvalue weighted by molar-refractivity contribution is -0.135. The third-order valence-corrected chi connectivity index (χ3v) is 5.73. The average Bonchev–Trinajstić information content (AvgIpc) is 3.23. The number of piperazine rings is 1. The highest BCUT2D eigenvalue weighted by Gasteiger charge is 2.22. The molecule has 0 unspecified atom stereocenters. The Hall–Kier alpha value is -2.77. The largest absolute Gasteiger partial charge is 0.481 e. The molecular formula is C22H22FN3O2S. The number of para-hydroxylation sites is 1. The number of amides is 1. The van der Waals surface area contributed by atoms with Crippen LogP contribution in [0.2, 0.25) is 0 Å². The highest BCUT2D eigenvalue weighted by molar-refractivity contribution is 7.09. The Bertz CT molecular complexity index is 955. The SMILES string of the molecule is O=C(COc1ccccc1F)N1CCN(Cc2nc(-c3ccccc3)cs2)CC1. The third kappa shape index (κ3) is 4.99. The summed E-state index contributed by atoms with van der Waals surface area (Å²) in [7, 11) is 0. The van der Waals surface area contributed by atoms with Gasteiger partial charge in [0.15, 0.2) is 18.2 Å². The van der Waals surface area contributed by atoms with Crippen LogP contribution in [0.4, 0.5) is 4.39 Å². The second kappa shape index (κ2) is 9.15. The van der Waals surface area contributed by atoms with Crippen molar-refractivity contribution in [2.75, 3.05) is 32.8 Å². The molecule has 0 N–H and O–H groups in total. The fourth-order valence-electron chi connectivity index (χ4n) is 3.26. The van der Waals surface area contributed by atoms with Gasteiger partial charge >= 0.3 is 0 Å². The molecule has 0 atom stereocenters. The Balaban J connectivity index is 1.25. The summed E-state index contributed by atoms with van der Waals surface area (Å²) in [6, 6.07) is 16.3. The summed E-state index contributed by atoms with van der Waals surface area (Å²) in [4.78, 5) is 21.2. The van der Waals surface area contributed by atoms with E-state index in [9.17, 15) is 9.18 Å². The van der Waals surface area contributed by atoms with Gasteiger partial charge in [0.25, 0.3) is 5.91 Å². The number of thiazole rings is 1. The first-order chi connectivity index (χ1) is 14.2. The number of hydrogen-bond acceptors (Lipinski definition) is 5. The molecule has 4 rings (SSSR count). The summed E-state index contributed by atoms with van der Waals surface area (Å²) in [5.41, 5.74) is 2.13. The van der Waals surface area contributed by atoms with Crippen molar-refractivity contribution in [1.82, 2.24) is 14.8 Å². The van der Waals surface area contributed by atoms with E-state index in [0.29, 0.717) is 13.1 Å². The van der Waals surface area contributed by atoms with E-state index in [1.807, 2.05) is 18.2 Å². The van der Waals surface area contributed by atoms with Crippen LogP contribution in [0.25, 0.3) is 11.3 Å². The molecule has 7 heteroatoms. The highest BCUT2D eigenvalue weighted by atomic mass is 32.1. The number of hydrogen-bond donors (Lipinski definition) is 0. The molecule has 2 heterocycles. The summed E-state index contributed by atoms with van der Waals surface area (Å²) in [6.45, 7) is 3.48. The van der Waals surface area contributed by atoms with E-state index in [4.69, 9.17) is 9.72 Å². The molecule has 0 bridgehead atoms. The van der Waals surface area contributed by atoms with Crippen molar-refractivity contribution in [2.24, 2.45) is 0 Å². The minimum atomic E-state index is -0.455. The molecular weight excluding hydrogens is 389 g/mol. The zero-order valence-electron chi connectivity index (χ0n) is 16.0. The van der Waals surface area contributed by atoms with Crippen LogP contribution in [0, 0.1) is 5.82 Å². The van der Waals surface area contributed by atoms with E-state index in [1.54, 1.807) is 28.4 Å². The van der Waals surface area contributed by atoms with Gasteiger partial charge in [0.1, 0.15) is 5.01 Å². The van der Waals surface area contributed by atoms with Crippen molar-refractivity contribution in [3.05, 3.63) is 70.8 Å². The molecule has 150 valence electrons. The smallest absolute Gasteiger partial charge is 0.260 e. The van der Waals surface area contributed by atoms with Gasteiger partial charge in [-0.2, -0.15) is 0 Å². The molecule has 1 amide bonds. The van der Waals surface area contributed by atoms with E-state index < -0.39 is 5.82 Å². The predicted octanol–water partition coefficient (Wildman–Crippen LogP) is 3.67. The van der Waals surface area contributed by atoms with Gasteiger partial charge < -0.3 is 9.64 Å². The lowest BCUT2D eigenvalue weighted by Gasteiger charge is -2.34. The molecule has 2 aromatic carbocycles. The lowest BCUT2D eigenvalue weighted by Crippen LogP contribution is -2.49. The summed E-state index contributed by atoms with van der Waals surface area (Å²) in [5, 5.41) is 3.16. The van der Waals surface area contributed by atoms with Crippen molar-refractivity contribution >= 4 is 17.2 Å². The van der Waals surface area contributed by atoms with Crippen molar-refractivity contribution in [3.8, 4) is 17.0 Å². The molecule has 1 aliphatic rings. The average molecular weight is 412 g/mol. The fraction of sp³-hybridized carbons (Fsp3) is 0.273. The zero-order chi connectivity index (χ0) is 20.1. The van der Waals surface area contributed by atoms with Gasteiger partial charge in [-0.15, -0.1) is 11.3 Å². The maximum atomic E-state index is 13.6. The topological polar surface area (TPSA) is 45.7 Å². The van der Waals surface area contributed by atoms with Crippen LogP contribution in [0.15, 0.2) is 60.0 Å². The summed E-state index contributed by atoms with van der Waals surface area (Å²) in [5.74, 6) is -0.463. The molecule has 1 aromatic heterocycles. The first-order valence-corrected chi connectivity index (χ1v) is 10.4. The van der Waals surface area contributed by atoms with Crippen LogP contribution in [-0.4, -0.2) is 53.5 Å². The minimum absolute atomic E-state index is 0.109. The number of carbonyl (C=O) groups is 1. The predicted molar refractivity (Wildman–Crippen MR) is 111 cm³/mol. The molecule has 5 nitrogen and oxygen atoms in total. The summed E-state index contributed by atoms with van der Waals surface area (Å²) in [6.07, 6.45) is 0. The number of aromatic nitrogens is 1. The van der Waals surface area contributed by atoms with Crippen molar-refractivity contribution in [2.45, 2.75) is 6.54 Å². The van der Waals surface area contributed by atoms with E-state index >= 15 is 0 Å². The van der Waals surface area contributed by atoms with Crippen LogP contribution < -0.4 is 4.74 Å². The van der Waals surface area contributed by atoms with Gasteiger partial charge in [-0.25, -0.2) is 9.37 Å². The number of rotatable bonds is 6. The Morgan fingerprint density at radius 3 is 2.52 bits per heavy atom. The molecule has 1 saturated heterocycles. The van der Waals surface area contributed by atoms with Crippen LogP contribution in [-0.2, 0) is 11.3 Å². The van der Waals surface area contributed by atoms with Crippen LogP contribution in [0.3, 0.4) is 0 Å².